The summed E-state index contributed by atoms with van der Waals surface area (Å²) >= 11 is 0. The van der Waals surface area contributed by atoms with Crippen LogP contribution >= 0.6 is 0 Å². The summed E-state index contributed by atoms with van der Waals surface area (Å²) in [6.07, 6.45) is 0.418. The summed E-state index contributed by atoms with van der Waals surface area (Å²) in [6.45, 7) is 0. The van der Waals surface area contributed by atoms with Crippen molar-refractivity contribution in [2.75, 3.05) is 0 Å². The molecule has 0 fully saturated rings. The zero-order valence-corrected chi connectivity index (χ0v) is 7.01. The van der Waals surface area contributed by atoms with Gasteiger partial charge in [0.05, 0.1) is 4.92 Å². The van der Waals surface area contributed by atoms with Gasteiger partial charge in [0.25, 0.3) is 5.69 Å². The van der Waals surface area contributed by atoms with E-state index >= 15 is 0 Å². The van der Waals surface area contributed by atoms with Crippen LogP contribution in [0, 0.1) is 10.1 Å². The molecule has 14 heavy (non-hydrogen) atoms. The molecule has 0 N–H and O–H groups in total. The molecule has 5 nitrogen and oxygen atoms in total. The molecule has 1 aromatic rings. The van der Waals surface area contributed by atoms with Gasteiger partial charge in [0.15, 0.2) is 6.29 Å². The van der Waals surface area contributed by atoms with Crippen LogP contribution in [0.25, 0.3) is 11.0 Å². The molecule has 0 atom stereocenters. The van der Waals surface area contributed by atoms with Crippen molar-refractivity contribution >= 4 is 23.4 Å². The molecule has 0 spiro atoms. The third-order valence-electron chi connectivity index (χ3n) is 1.63. The number of hydrogen-bond acceptors (Lipinski definition) is 3. The van der Waals surface area contributed by atoms with Gasteiger partial charge in [-0.15, -0.1) is 0 Å². The van der Waals surface area contributed by atoms with Crippen LogP contribution in [0.4, 0.5) is 5.69 Å². The lowest BCUT2D eigenvalue weighted by Gasteiger charge is -1.97. The second-order valence-corrected chi connectivity index (χ2v) is 2.45. The fourth-order valence-electron chi connectivity index (χ4n) is 0.922. The number of nitro benzene ring substituents is 1. The molecule has 1 aromatic carbocycles. The summed E-state index contributed by atoms with van der Waals surface area (Å²) in [7, 11) is 0. The second kappa shape index (κ2) is 4.11. The monoisotopic (exact) mass is 189 g/mol. The van der Waals surface area contributed by atoms with Crippen molar-refractivity contribution in [3.05, 3.63) is 45.4 Å². The first-order valence-electron chi connectivity index (χ1n) is 3.66. The lowest BCUT2D eigenvalue weighted by molar-refractivity contribution is -0.384. The third kappa shape index (κ3) is 1.91. The Kier molecular flexibility index (Phi) is 2.89. The largest absolute Gasteiger partial charge is 0.763 e. The van der Waals surface area contributed by atoms with Crippen molar-refractivity contribution in [3.8, 4) is 0 Å². The molecule has 0 aliphatic carbocycles. The molecule has 0 amide bonds. The lowest BCUT2D eigenvalue weighted by Crippen LogP contribution is -1.90. The van der Waals surface area contributed by atoms with Crippen LogP contribution in [0.1, 0.15) is 5.56 Å². The average molecular weight is 189 g/mol. The van der Waals surface area contributed by atoms with Crippen molar-refractivity contribution in [1.29, 1.82) is 0 Å². The molecule has 0 heterocycles. The van der Waals surface area contributed by atoms with Gasteiger partial charge in [-0.2, -0.15) is 0 Å². The summed E-state index contributed by atoms with van der Waals surface area (Å²) in [5.74, 6) is 1.70. The Bertz CT molecular complexity index is 416. The predicted molar refractivity (Wildman–Crippen MR) is 50.9 cm³/mol. The molecule has 0 aliphatic heterocycles. The highest BCUT2D eigenvalue weighted by Crippen LogP contribution is 2.15. The SMILES string of the molecule is [N-]=C=C(C=O)c1ccc([N+](=O)[O-])cc1. The molecule has 0 unspecified atom stereocenters. The van der Waals surface area contributed by atoms with Gasteiger partial charge in [0.2, 0.25) is 0 Å². The molecule has 0 aliphatic rings. The van der Waals surface area contributed by atoms with E-state index in [9.17, 15) is 14.9 Å². The fourth-order valence-corrected chi connectivity index (χ4v) is 0.922. The molecule has 1 rings (SSSR count). The number of benzene rings is 1. The number of non-ortho nitro benzene ring substituents is 1. The van der Waals surface area contributed by atoms with E-state index in [1.165, 1.54) is 24.3 Å². The Morgan fingerprint density at radius 2 is 2.00 bits per heavy atom. The first-order chi connectivity index (χ1) is 6.69. The smallest absolute Gasteiger partial charge is 0.269 e. The maximum absolute atomic E-state index is 10.4. The van der Waals surface area contributed by atoms with Crippen LogP contribution in [0.3, 0.4) is 0 Å². The highest BCUT2D eigenvalue weighted by molar-refractivity contribution is 6.19. The van der Waals surface area contributed by atoms with Gasteiger partial charge < -0.3 is 5.41 Å². The quantitative estimate of drug-likeness (QED) is 0.237. The molecular formula is C9H5N2O3-. The number of nitro groups is 1. The van der Waals surface area contributed by atoms with Crippen molar-refractivity contribution in [2.24, 2.45) is 0 Å². The number of nitrogens with zero attached hydrogens (tertiary/aromatic N) is 2. The van der Waals surface area contributed by atoms with E-state index in [0.29, 0.717) is 11.8 Å². The normalized spacial score (nSPS) is 8.86. The Balaban J connectivity index is 3.11. The zero-order valence-electron chi connectivity index (χ0n) is 7.01. The Morgan fingerprint density at radius 3 is 2.36 bits per heavy atom. The average Bonchev–Trinajstić information content (AvgIpc) is 2.20. The summed E-state index contributed by atoms with van der Waals surface area (Å²) in [5, 5.41) is 18.8. The van der Waals surface area contributed by atoms with Crippen LogP contribution in [-0.2, 0) is 4.79 Å². The number of hydrogen-bond donors (Lipinski definition) is 0. The fraction of sp³-hybridized carbons (Fsp3) is 0. The van der Waals surface area contributed by atoms with Crippen LogP contribution in [0.2, 0.25) is 0 Å². The number of allylic oxidation sites excluding steroid dienone is 1. The first kappa shape index (κ1) is 9.83. The minimum absolute atomic E-state index is 0.0418. The van der Waals surface area contributed by atoms with Crippen LogP contribution < -0.4 is 0 Å². The van der Waals surface area contributed by atoms with E-state index in [0.717, 1.165) is 0 Å². The predicted octanol–water partition coefficient (Wildman–Crippen LogP) is 1.42. The molecular weight excluding hydrogens is 184 g/mol. The first-order valence-corrected chi connectivity index (χ1v) is 3.66. The highest BCUT2D eigenvalue weighted by atomic mass is 16.6. The molecule has 5 heteroatoms. The minimum atomic E-state index is -0.545. The summed E-state index contributed by atoms with van der Waals surface area (Å²) in [6, 6.07) is 5.22. The number of rotatable bonds is 3. The molecule has 70 valence electrons. The van der Waals surface area contributed by atoms with Gasteiger partial charge in [-0.3, -0.25) is 20.8 Å². The van der Waals surface area contributed by atoms with Gasteiger partial charge in [0.1, 0.15) is 0 Å². The van der Waals surface area contributed by atoms with E-state index in [2.05, 4.69) is 0 Å². The Hall–Kier alpha value is -2.26. The van der Waals surface area contributed by atoms with Crippen LogP contribution in [-0.4, -0.2) is 17.1 Å². The topological polar surface area (TPSA) is 82.5 Å². The van der Waals surface area contributed by atoms with E-state index in [1.807, 2.05) is 0 Å². The van der Waals surface area contributed by atoms with E-state index in [4.69, 9.17) is 5.41 Å². The zero-order chi connectivity index (χ0) is 10.6. The number of aldehydes is 1. The molecule has 0 saturated heterocycles. The van der Waals surface area contributed by atoms with Crippen molar-refractivity contribution in [1.82, 2.24) is 0 Å². The third-order valence-corrected chi connectivity index (χ3v) is 1.63. The van der Waals surface area contributed by atoms with Gasteiger partial charge in [0, 0.05) is 17.7 Å². The van der Waals surface area contributed by atoms with Gasteiger partial charge in [-0.1, -0.05) is 0 Å². The van der Waals surface area contributed by atoms with Crippen molar-refractivity contribution < 1.29 is 9.72 Å². The second-order valence-electron chi connectivity index (χ2n) is 2.45. The molecule has 0 saturated carbocycles. The molecule has 0 radical (unpaired) electrons. The van der Waals surface area contributed by atoms with Crippen LogP contribution in [0.15, 0.2) is 24.3 Å². The summed E-state index contributed by atoms with van der Waals surface area (Å²) in [4.78, 5) is 20.1. The summed E-state index contributed by atoms with van der Waals surface area (Å²) < 4.78 is 0. The van der Waals surface area contributed by atoms with E-state index < -0.39 is 4.92 Å². The maximum atomic E-state index is 10.4. The maximum Gasteiger partial charge on any atom is 0.269 e. The highest BCUT2D eigenvalue weighted by Gasteiger charge is 2.04. The van der Waals surface area contributed by atoms with Gasteiger partial charge in [-0.05, 0) is 17.7 Å². The minimum Gasteiger partial charge on any atom is -0.763 e. The van der Waals surface area contributed by atoms with Crippen molar-refractivity contribution in [2.45, 2.75) is 0 Å². The summed E-state index contributed by atoms with van der Waals surface area (Å²) in [5.41, 5.74) is 0.268. The molecule has 0 aromatic heterocycles. The van der Waals surface area contributed by atoms with Gasteiger partial charge in [-0.25, -0.2) is 0 Å². The van der Waals surface area contributed by atoms with Crippen molar-refractivity contribution in [3.63, 3.8) is 0 Å². The van der Waals surface area contributed by atoms with E-state index in [1.54, 1.807) is 5.87 Å². The van der Waals surface area contributed by atoms with Gasteiger partial charge >= 0.3 is 0 Å². The lowest BCUT2D eigenvalue weighted by atomic mass is 10.1. The van der Waals surface area contributed by atoms with E-state index in [-0.39, 0.29) is 11.3 Å². The Labute approximate surface area is 79.3 Å². The Morgan fingerprint density at radius 1 is 1.43 bits per heavy atom. The standard InChI is InChI=1S/C9H5N2O3/c10-5-8(6-12)7-1-3-9(4-2-7)11(13)14/h1-4,6H/q-1. The van der Waals surface area contributed by atoms with Crippen LogP contribution in [0.5, 0.6) is 0 Å². The number of carbonyl (C=O) groups is 1. The number of carbonyl (C=O) groups excluding carboxylic acids is 1. The molecule has 0 bridgehead atoms.